The summed E-state index contributed by atoms with van der Waals surface area (Å²) in [6, 6.07) is 2.01. The van der Waals surface area contributed by atoms with Crippen LogP contribution in [-0.4, -0.2) is 25.0 Å². The number of fused-ring (bicyclic) bond motifs is 1. The van der Waals surface area contributed by atoms with Crippen LogP contribution in [0.2, 0.25) is 0 Å². The molecule has 2 aromatic heterocycles. The molecule has 4 N–H and O–H groups in total. The normalized spacial score (nSPS) is 18.8. The smallest absolute Gasteiger partial charge is 0.152 e. The van der Waals surface area contributed by atoms with Gasteiger partial charge in [0.05, 0.1) is 27.8 Å². The van der Waals surface area contributed by atoms with Crippen LogP contribution in [0, 0.1) is 0 Å². The van der Waals surface area contributed by atoms with E-state index in [2.05, 4.69) is 10.3 Å². The fraction of sp³-hybridized carbons (Fsp3) is 0.562. The van der Waals surface area contributed by atoms with Gasteiger partial charge in [0.15, 0.2) is 11.1 Å². The maximum Gasteiger partial charge on any atom is 0.152 e. The van der Waals surface area contributed by atoms with Gasteiger partial charge < -0.3 is 15.6 Å². The molecule has 0 radical (unpaired) electrons. The van der Waals surface area contributed by atoms with Crippen LogP contribution < -0.4 is 11.1 Å². The fourth-order valence-corrected chi connectivity index (χ4v) is 4.77. The highest BCUT2D eigenvalue weighted by molar-refractivity contribution is 7.79. The van der Waals surface area contributed by atoms with Crippen molar-refractivity contribution in [3.8, 4) is 0 Å². The van der Waals surface area contributed by atoms with Gasteiger partial charge in [-0.3, -0.25) is 4.98 Å². The van der Waals surface area contributed by atoms with E-state index in [0.29, 0.717) is 11.4 Å². The number of anilines is 2. The Labute approximate surface area is 143 Å². The zero-order valence-electron chi connectivity index (χ0n) is 13.1. The van der Waals surface area contributed by atoms with Crippen LogP contribution in [0.4, 0.5) is 11.4 Å². The molecular weight excluding hydrogens is 330 g/mol. The van der Waals surface area contributed by atoms with Gasteiger partial charge in [-0.15, -0.1) is 11.3 Å². The molecule has 0 saturated heterocycles. The number of hydrogen-bond donors (Lipinski definition) is 3. The summed E-state index contributed by atoms with van der Waals surface area (Å²) in [5.74, 6) is 0.337. The van der Waals surface area contributed by atoms with E-state index in [0.717, 1.165) is 41.6 Å². The average Bonchev–Trinajstić information content (AvgIpc) is 3.00. The lowest BCUT2D eigenvalue weighted by molar-refractivity contribution is 0.303. The van der Waals surface area contributed by atoms with Crippen molar-refractivity contribution in [1.29, 1.82) is 0 Å². The number of hydrogen-bond acceptors (Lipinski definition) is 5. The molecule has 1 atom stereocenters. The summed E-state index contributed by atoms with van der Waals surface area (Å²) in [7, 11) is 0. The summed E-state index contributed by atoms with van der Waals surface area (Å²) in [6.45, 7) is 0. The summed E-state index contributed by atoms with van der Waals surface area (Å²) in [6.07, 6.45) is 9.16. The molecule has 0 spiro atoms. The Morgan fingerprint density at radius 2 is 2.17 bits per heavy atom. The number of aromatic nitrogens is 1. The van der Waals surface area contributed by atoms with E-state index >= 15 is 0 Å². The molecule has 1 aliphatic carbocycles. The molecule has 1 fully saturated rings. The lowest BCUT2D eigenvalue weighted by Gasteiger charge is -2.39. The van der Waals surface area contributed by atoms with E-state index in [1.165, 1.54) is 19.3 Å². The molecule has 5 nitrogen and oxygen atoms in total. The van der Waals surface area contributed by atoms with Crippen molar-refractivity contribution in [1.82, 2.24) is 4.98 Å². The Morgan fingerprint density at radius 3 is 2.91 bits per heavy atom. The lowest BCUT2D eigenvalue weighted by atomic mass is 9.78. The molecule has 3 rings (SSSR count). The minimum Gasteiger partial charge on any atom is -0.396 e. The zero-order valence-corrected chi connectivity index (χ0v) is 14.7. The van der Waals surface area contributed by atoms with E-state index < -0.39 is 11.1 Å². The molecule has 1 aliphatic rings. The highest BCUT2D eigenvalue weighted by Crippen LogP contribution is 2.40. The summed E-state index contributed by atoms with van der Waals surface area (Å²) in [5, 5.41) is 5.76. The second kappa shape index (κ2) is 7.15. The van der Waals surface area contributed by atoms with Gasteiger partial charge in [-0.2, -0.15) is 0 Å². The predicted octanol–water partition coefficient (Wildman–Crippen LogP) is 4.00. The fourth-order valence-electron chi connectivity index (χ4n) is 3.52. The molecular formula is C16H23N3O2S2. The Hall–Kier alpha value is -1.18. The van der Waals surface area contributed by atoms with Gasteiger partial charge in [-0.1, -0.05) is 19.3 Å². The largest absolute Gasteiger partial charge is 0.396 e. The quantitative estimate of drug-likeness (QED) is 0.683. The van der Waals surface area contributed by atoms with E-state index in [1.807, 2.05) is 11.4 Å². The third kappa shape index (κ3) is 3.84. The molecule has 0 aromatic carbocycles. The number of nitrogens with zero attached hydrogens (tertiary/aromatic N) is 1. The molecule has 1 saturated carbocycles. The molecule has 0 amide bonds. The van der Waals surface area contributed by atoms with Crippen molar-refractivity contribution < 1.29 is 8.76 Å². The summed E-state index contributed by atoms with van der Waals surface area (Å²) in [4.78, 5) is 4.37. The van der Waals surface area contributed by atoms with Crippen molar-refractivity contribution in [3.63, 3.8) is 0 Å². The molecule has 1 unspecified atom stereocenters. The molecule has 23 heavy (non-hydrogen) atoms. The molecule has 7 heteroatoms. The van der Waals surface area contributed by atoms with Crippen molar-refractivity contribution >= 4 is 44.0 Å². The second-order valence-corrected chi connectivity index (χ2v) is 8.29. The monoisotopic (exact) mass is 353 g/mol. The van der Waals surface area contributed by atoms with E-state index in [4.69, 9.17) is 10.3 Å². The summed E-state index contributed by atoms with van der Waals surface area (Å²) < 4.78 is 21.1. The zero-order chi connectivity index (χ0) is 16.3. The molecule has 2 heterocycles. The minimum absolute atomic E-state index is 0.0238. The summed E-state index contributed by atoms with van der Waals surface area (Å²) in [5.41, 5.74) is 8.79. The number of thiophene rings is 1. The number of nitrogens with two attached hydrogens (primary N) is 1. The first-order chi connectivity index (χ1) is 11.1. The number of nitrogen functional groups attached to an aromatic ring is 1. The maximum absolute atomic E-state index is 11.0. The number of rotatable bonds is 6. The van der Waals surface area contributed by atoms with E-state index in [-0.39, 0.29) is 5.54 Å². The standard InChI is InChI=1S/C16H23N3O2S2/c17-12-11-18-13-5-9-22-15(13)14(12)19-16(6-2-1-3-7-16)8-4-10-23(20)21/h5,9,11H,1-4,6-8,10,17H2,(H,18,19)(H,20,21). The van der Waals surface area contributed by atoms with Gasteiger partial charge in [0.25, 0.3) is 0 Å². The van der Waals surface area contributed by atoms with Crippen molar-refractivity contribution in [3.05, 3.63) is 17.6 Å². The molecule has 2 aromatic rings. The molecule has 126 valence electrons. The Morgan fingerprint density at radius 1 is 1.39 bits per heavy atom. The molecule has 0 bridgehead atoms. The van der Waals surface area contributed by atoms with E-state index in [1.54, 1.807) is 17.5 Å². The van der Waals surface area contributed by atoms with Crippen LogP contribution in [0.25, 0.3) is 10.2 Å². The maximum atomic E-state index is 11.0. The van der Waals surface area contributed by atoms with Gasteiger partial charge in [0, 0.05) is 11.3 Å². The SMILES string of the molecule is Nc1cnc2ccsc2c1NC1(CCCS(=O)O)CCCCC1. The topological polar surface area (TPSA) is 88.2 Å². The third-order valence-electron chi connectivity index (χ3n) is 4.68. The number of pyridine rings is 1. The minimum atomic E-state index is -1.72. The first-order valence-electron chi connectivity index (χ1n) is 8.07. The first kappa shape index (κ1) is 16.7. The van der Waals surface area contributed by atoms with Crippen LogP contribution in [0.5, 0.6) is 0 Å². The van der Waals surface area contributed by atoms with Crippen molar-refractivity contribution in [2.24, 2.45) is 0 Å². The predicted molar refractivity (Wildman–Crippen MR) is 98.3 cm³/mol. The van der Waals surface area contributed by atoms with Crippen LogP contribution in [0.15, 0.2) is 17.6 Å². The van der Waals surface area contributed by atoms with Gasteiger partial charge in [0.2, 0.25) is 0 Å². The third-order valence-corrected chi connectivity index (χ3v) is 6.24. The van der Waals surface area contributed by atoms with E-state index in [9.17, 15) is 4.21 Å². The average molecular weight is 354 g/mol. The van der Waals surface area contributed by atoms with Crippen LogP contribution in [0.3, 0.4) is 0 Å². The lowest BCUT2D eigenvalue weighted by Crippen LogP contribution is -2.40. The van der Waals surface area contributed by atoms with Gasteiger partial charge in [0.1, 0.15) is 0 Å². The Balaban J connectivity index is 1.86. The van der Waals surface area contributed by atoms with Crippen molar-refractivity contribution in [2.75, 3.05) is 16.8 Å². The Bertz CT molecular complexity index is 696. The molecule has 0 aliphatic heterocycles. The first-order valence-corrected chi connectivity index (χ1v) is 10.2. The highest BCUT2D eigenvalue weighted by atomic mass is 32.2. The number of nitrogens with one attached hydrogen (secondary N) is 1. The van der Waals surface area contributed by atoms with Gasteiger partial charge >= 0.3 is 0 Å². The van der Waals surface area contributed by atoms with Crippen LogP contribution in [-0.2, 0) is 11.1 Å². The van der Waals surface area contributed by atoms with Gasteiger partial charge in [-0.05, 0) is 37.1 Å². The van der Waals surface area contributed by atoms with Crippen LogP contribution in [0.1, 0.15) is 44.9 Å². The van der Waals surface area contributed by atoms with Crippen molar-refractivity contribution in [2.45, 2.75) is 50.5 Å². The second-order valence-electron chi connectivity index (χ2n) is 6.32. The van der Waals surface area contributed by atoms with Gasteiger partial charge in [-0.25, -0.2) is 4.21 Å². The summed E-state index contributed by atoms with van der Waals surface area (Å²) >= 11 is -0.0648. The highest BCUT2D eigenvalue weighted by Gasteiger charge is 2.32. The van der Waals surface area contributed by atoms with Crippen LogP contribution >= 0.6 is 11.3 Å². The Kier molecular flexibility index (Phi) is 5.18.